The van der Waals surface area contributed by atoms with E-state index in [-0.39, 0.29) is 18.4 Å². The molecule has 1 heterocycles. The lowest BCUT2D eigenvalue weighted by atomic mass is 10.1. The Labute approximate surface area is 150 Å². The van der Waals surface area contributed by atoms with E-state index in [2.05, 4.69) is 16.0 Å². The average molecular weight is 353 g/mol. The van der Waals surface area contributed by atoms with Crippen LogP contribution in [0.5, 0.6) is 5.75 Å². The first-order valence-electron chi connectivity index (χ1n) is 8.02. The molecule has 0 unspecified atom stereocenters. The molecule has 0 aliphatic carbocycles. The minimum absolute atomic E-state index is 0.157. The van der Waals surface area contributed by atoms with Crippen LogP contribution in [0.4, 0.5) is 16.2 Å². The third kappa shape index (κ3) is 3.94. The second-order valence-corrected chi connectivity index (χ2v) is 5.63. The SMILES string of the molecule is CNC(=O)Nc1ccc(NC(=O)Cc2coc3cc(OC)ccc23)cc1. The molecule has 2 aromatic carbocycles. The highest BCUT2D eigenvalue weighted by Gasteiger charge is 2.11. The Morgan fingerprint density at radius 1 is 1.04 bits per heavy atom. The second-order valence-electron chi connectivity index (χ2n) is 5.63. The van der Waals surface area contributed by atoms with Crippen LogP contribution in [-0.2, 0) is 11.2 Å². The first-order chi connectivity index (χ1) is 12.6. The summed E-state index contributed by atoms with van der Waals surface area (Å²) >= 11 is 0. The van der Waals surface area contributed by atoms with Gasteiger partial charge in [-0.2, -0.15) is 0 Å². The van der Waals surface area contributed by atoms with Crippen LogP contribution in [0.25, 0.3) is 11.0 Å². The van der Waals surface area contributed by atoms with E-state index >= 15 is 0 Å². The number of fused-ring (bicyclic) bond motifs is 1. The van der Waals surface area contributed by atoms with E-state index in [0.29, 0.717) is 22.7 Å². The molecule has 1 aromatic heterocycles. The quantitative estimate of drug-likeness (QED) is 0.656. The third-order valence-electron chi connectivity index (χ3n) is 3.87. The van der Waals surface area contributed by atoms with Crippen molar-refractivity contribution in [3.63, 3.8) is 0 Å². The van der Waals surface area contributed by atoms with Crippen molar-refractivity contribution >= 4 is 34.3 Å². The Kier molecular flexibility index (Phi) is 5.07. The smallest absolute Gasteiger partial charge is 0.318 e. The van der Waals surface area contributed by atoms with Crippen LogP contribution in [0, 0.1) is 0 Å². The number of hydrogen-bond donors (Lipinski definition) is 3. The number of methoxy groups -OCH3 is 1. The van der Waals surface area contributed by atoms with E-state index < -0.39 is 0 Å². The molecule has 3 aromatic rings. The number of hydrogen-bond acceptors (Lipinski definition) is 4. The molecular formula is C19H19N3O4. The lowest BCUT2D eigenvalue weighted by Crippen LogP contribution is -2.24. The van der Waals surface area contributed by atoms with Crippen molar-refractivity contribution in [3.05, 3.63) is 54.3 Å². The molecule has 0 aliphatic heterocycles. The normalized spacial score (nSPS) is 10.4. The molecule has 134 valence electrons. The summed E-state index contributed by atoms with van der Waals surface area (Å²) in [5.41, 5.74) is 2.76. The van der Waals surface area contributed by atoms with E-state index in [1.165, 1.54) is 0 Å². The average Bonchev–Trinajstić information content (AvgIpc) is 3.05. The summed E-state index contributed by atoms with van der Waals surface area (Å²) in [6, 6.07) is 12.1. The number of urea groups is 1. The molecule has 3 amide bonds. The van der Waals surface area contributed by atoms with Crippen molar-refractivity contribution in [3.8, 4) is 5.75 Å². The molecule has 0 bridgehead atoms. The largest absolute Gasteiger partial charge is 0.497 e. The maximum atomic E-state index is 12.3. The van der Waals surface area contributed by atoms with Gasteiger partial charge in [0.15, 0.2) is 0 Å². The van der Waals surface area contributed by atoms with E-state index in [0.717, 1.165) is 10.9 Å². The summed E-state index contributed by atoms with van der Waals surface area (Å²) < 4.78 is 10.7. The van der Waals surface area contributed by atoms with Gasteiger partial charge in [-0.3, -0.25) is 4.79 Å². The van der Waals surface area contributed by atoms with Crippen LogP contribution in [0.1, 0.15) is 5.56 Å². The number of carbonyl (C=O) groups is 2. The molecule has 3 rings (SSSR count). The minimum atomic E-state index is -0.301. The van der Waals surface area contributed by atoms with Gasteiger partial charge in [-0.1, -0.05) is 0 Å². The maximum Gasteiger partial charge on any atom is 0.318 e. The molecule has 0 fully saturated rings. The van der Waals surface area contributed by atoms with Gasteiger partial charge in [0.2, 0.25) is 5.91 Å². The van der Waals surface area contributed by atoms with Crippen molar-refractivity contribution in [2.24, 2.45) is 0 Å². The molecule has 0 saturated heterocycles. The second kappa shape index (κ2) is 7.60. The molecule has 0 atom stereocenters. The Morgan fingerprint density at radius 2 is 1.73 bits per heavy atom. The van der Waals surface area contributed by atoms with Crippen LogP contribution in [-0.4, -0.2) is 26.1 Å². The molecule has 0 radical (unpaired) electrons. The predicted octanol–water partition coefficient (Wildman–Crippen LogP) is 3.37. The van der Waals surface area contributed by atoms with Gasteiger partial charge >= 0.3 is 6.03 Å². The van der Waals surface area contributed by atoms with Gasteiger partial charge in [0.1, 0.15) is 11.3 Å². The van der Waals surface area contributed by atoms with Crippen LogP contribution >= 0.6 is 0 Å². The fourth-order valence-corrected chi connectivity index (χ4v) is 2.54. The number of rotatable bonds is 5. The number of carbonyl (C=O) groups excluding carboxylic acids is 2. The monoisotopic (exact) mass is 353 g/mol. The van der Waals surface area contributed by atoms with Gasteiger partial charge in [-0.05, 0) is 36.4 Å². The van der Waals surface area contributed by atoms with Crippen molar-refractivity contribution in [2.75, 3.05) is 24.8 Å². The van der Waals surface area contributed by atoms with Crippen LogP contribution in [0.15, 0.2) is 53.1 Å². The summed E-state index contributed by atoms with van der Waals surface area (Å²) in [7, 11) is 3.13. The maximum absolute atomic E-state index is 12.3. The Morgan fingerprint density at radius 3 is 2.38 bits per heavy atom. The van der Waals surface area contributed by atoms with Gasteiger partial charge in [0.05, 0.1) is 19.8 Å². The third-order valence-corrected chi connectivity index (χ3v) is 3.87. The van der Waals surface area contributed by atoms with Crippen molar-refractivity contribution < 1.29 is 18.7 Å². The van der Waals surface area contributed by atoms with Gasteiger partial charge in [0, 0.05) is 35.4 Å². The van der Waals surface area contributed by atoms with E-state index in [1.807, 2.05) is 12.1 Å². The Balaban J connectivity index is 1.64. The number of nitrogens with one attached hydrogen (secondary N) is 3. The highest BCUT2D eigenvalue weighted by Crippen LogP contribution is 2.26. The Hall–Kier alpha value is -3.48. The van der Waals surface area contributed by atoms with Crippen molar-refractivity contribution in [2.45, 2.75) is 6.42 Å². The molecule has 26 heavy (non-hydrogen) atoms. The Bertz CT molecular complexity index is 932. The fourth-order valence-electron chi connectivity index (χ4n) is 2.54. The summed E-state index contributed by atoms with van der Waals surface area (Å²) in [4.78, 5) is 23.6. The van der Waals surface area contributed by atoms with E-state index in [1.54, 1.807) is 50.8 Å². The zero-order chi connectivity index (χ0) is 18.5. The van der Waals surface area contributed by atoms with Crippen LogP contribution in [0.2, 0.25) is 0 Å². The summed E-state index contributed by atoms with van der Waals surface area (Å²) in [5, 5.41) is 8.83. The van der Waals surface area contributed by atoms with E-state index in [9.17, 15) is 9.59 Å². The van der Waals surface area contributed by atoms with E-state index in [4.69, 9.17) is 9.15 Å². The van der Waals surface area contributed by atoms with Gasteiger partial charge in [-0.15, -0.1) is 0 Å². The lowest BCUT2D eigenvalue weighted by Gasteiger charge is -2.07. The number of anilines is 2. The van der Waals surface area contributed by atoms with Gasteiger partial charge in [-0.25, -0.2) is 4.79 Å². The number of ether oxygens (including phenoxy) is 1. The van der Waals surface area contributed by atoms with Crippen LogP contribution in [0.3, 0.4) is 0 Å². The molecular weight excluding hydrogens is 334 g/mol. The molecule has 7 nitrogen and oxygen atoms in total. The molecule has 0 spiro atoms. The summed E-state index contributed by atoms with van der Waals surface area (Å²) in [6.45, 7) is 0. The zero-order valence-corrected chi connectivity index (χ0v) is 14.5. The number of amides is 3. The zero-order valence-electron chi connectivity index (χ0n) is 14.5. The lowest BCUT2D eigenvalue weighted by molar-refractivity contribution is -0.115. The summed E-state index contributed by atoms with van der Waals surface area (Å²) in [6.07, 6.45) is 1.78. The standard InChI is InChI=1S/C19H19N3O4/c1-20-19(24)22-14-5-3-13(4-6-14)21-18(23)9-12-11-26-17-10-15(25-2)7-8-16(12)17/h3-8,10-11H,9H2,1-2H3,(H,21,23)(H2,20,22,24). The minimum Gasteiger partial charge on any atom is -0.497 e. The molecule has 7 heteroatoms. The number of benzene rings is 2. The first kappa shape index (κ1) is 17.3. The predicted molar refractivity (Wildman–Crippen MR) is 99.6 cm³/mol. The topological polar surface area (TPSA) is 92.6 Å². The van der Waals surface area contributed by atoms with Gasteiger partial charge < -0.3 is 25.1 Å². The van der Waals surface area contributed by atoms with Crippen LogP contribution < -0.4 is 20.7 Å². The molecule has 0 saturated carbocycles. The fraction of sp³-hybridized carbons (Fsp3) is 0.158. The summed E-state index contributed by atoms with van der Waals surface area (Å²) in [5.74, 6) is 0.545. The molecule has 3 N–H and O–H groups in total. The highest BCUT2D eigenvalue weighted by atomic mass is 16.5. The number of furan rings is 1. The van der Waals surface area contributed by atoms with Crippen molar-refractivity contribution in [1.29, 1.82) is 0 Å². The highest BCUT2D eigenvalue weighted by molar-refractivity contribution is 5.96. The first-order valence-corrected chi connectivity index (χ1v) is 8.02. The van der Waals surface area contributed by atoms with Gasteiger partial charge in [0.25, 0.3) is 0 Å². The molecule has 0 aliphatic rings. The van der Waals surface area contributed by atoms with Crippen molar-refractivity contribution in [1.82, 2.24) is 5.32 Å².